The predicted molar refractivity (Wildman–Crippen MR) is 206 cm³/mol. The first-order valence-electron chi connectivity index (χ1n) is 17.4. The molecule has 7 aromatic rings. The van der Waals surface area contributed by atoms with Crippen molar-refractivity contribution in [3.63, 3.8) is 0 Å². The zero-order chi connectivity index (χ0) is 36.6. The fourth-order valence-corrected chi connectivity index (χ4v) is 8.30. The first-order valence-corrected chi connectivity index (χ1v) is 18.1. The largest absolute Gasteiger partial charge is 0.494 e. The predicted octanol–water partition coefficient (Wildman–Crippen LogP) is 9.36. The highest BCUT2D eigenvalue weighted by molar-refractivity contribution is 6.35. The maximum absolute atomic E-state index is 15.1. The van der Waals surface area contributed by atoms with Gasteiger partial charge in [-0.25, -0.2) is 0 Å². The minimum absolute atomic E-state index is 0.0515. The highest BCUT2D eigenvalue weighted by Crippen LogP contribution is 2.46. The summed E-state index contributed by atoms with van der Waals surface area (Å²) in [7, 11) is 3.93. The number of aromatic nitrogens is 6. The van der Waals surface area contributed by atoms with E-state index < -0.39 is 0 Å². The second kappa shape index (κ2) is 12.9. The van der Waals surface area contributed by atoms with Crippen LogP contribution in [0.25, 0.3) is 44.4 Å². The third kappa shape index (κ3) is 5.38. The summed E-state index contributed by atoms with van der Waals surface area (Å²) in [4.78, 5) is 17.0. The molecule has 0 radical (unpaired) electrons. The summed E-state index contributed by atoms with van der Waals surface area (Å²) in [5, 5.41) is 16.0. The van der Waals surface area contributed by atoms with Crippen LogP contribution in [0.3, 0.4) is 0 Å². The van der Waals surface area contributed by atoms with Gasteiger partial charge in [0.05, 0.1) is 34.0 Å². The Labute approximate surface area is 311 Å². The Morgan fingerprint density at radius 2 is 1.73 bits per heavy atom. The summed E-state index contributed by atoms with van der Waals surface area (Å²) in [6.45, 7) is 11.2. The number of amides is 1. The van der Waals surface area contributed by atoms with Crippen LogP contribution < -0.4 is 9.64 Å². The highest BCUT2D eigenvalue weighted by atomic mass is 35.5. The Balaban J connectivity index is 1.25. The third-order valence-corrected chi connectivity index (χ3v) is 11.3. The standard InChI is InChI=1S/C40H39Cl2N7O3/c1-21-15-27(16-22(2)36(21)42)51-14-8-9-28-29-12-13-31(41)35(34-24(4)45-47(7)25(34)5)37(29)49-23(3)18-48(40(50)38(28)49)33-19-46(6)32-17-26(10-11-30(32)33)39-44-43-20-52-39/h10-13,15-17,19-20,23H,8-9,14,18H2,1-7H3/t23-/m1/s1. The Morgan fingerprint density at radius 3 is 2.42 bits per heavy atom. The van der Waals surface area contributed by atoms with E-state index in [0.29, 0.717) is 42.6 Å². The maximum atomic E-state index is 15.1. The van der Waals surface area contributed by atoms with E-state index >= 15 is 4.79 Å². The van der Waals surface area contributed by atoms with Gasteiger partial charge in [0, 0.05) is 71.1 Å². The van der Waals surface area contributed by atoms with Gasteiger partial charge >= 0.3 is 0 Å². The Morgan fingerprint density at radius 1 is 0.981 bits per heavy atom. The number of ether oxygens (including phenoxy) is 1. The van der Waals surface area contributed by atoms with Crippen molar-refractivity contribution in [1.29, 1.82) is 0 Å². The first-order chi connectivity index (χ1) is 24.9. The minimum Gasteiger partial charge on any atom is -0.494 e. The summed E-state index contributed by atoms with van der Waals surface area (Å²) in [6, 6.07) is 13.9. The number of hydrogen-bond donors (Lipinski definition) is 0. The molecule has 0 fully saturated rings. The second-order valence-electron chi connectivity index (χ2n) is 13.9. The lowest BCUT2D eigenvalue weighted by Gasteiger charge is -2.34. The fraction of sp³-hybridized carbons (Fsp3) is 0.300. The molecular formula is C40H39Cl2N7O3. The van der Waals surface area contributed by atoms with Crippen LogP contribution in [0.1, 0.15) is 58.0 Å². The molecule has 5 heterocycles. The summed E-state index contributed by atoms with van der Waals surface area (Å²) in [5.74, 6) is 1.18. The van der Waals surface area contributed by atoms with E-state index in [1.165, 1.54) is 6.39 Å². The van der Waals surface area contributed by atoms with E-state index in [1.54, 1.807) is 0 Å². The van der Waals surface area contributed by atoms with E-state index in [1.807, 2.05) is 91.6 Å². The summed E-state index contributed by atoms with van der Waals surface area (Å²) in [5.41, 5.74) is 11.0. The van der Waals surface area contributed by atoms with Gasteiger partial charge in [-0.2, -0.15) is 5.10 Å². The number of fused-ring (bicyclic) bond motifs is 4. The van der Waals surface area contributed by atoms with Gasteiger partial charge in [-0.15, -0.1) is 10.2 Å². The third-order valence-electron chi connectivity index (χ3n) is 10.4. The van der Waals surface area contributed by atoms with Crippen molar-refractivity contribution < 1.29 is 13.9 Å². The number of hydrogen-bond acceptors (Lipinski definition) is 6. The van der Waals surface area contributed by atoms with Crippen LogP contribution in [0.4, 0.5) is 5.69 Å². The van der Waals surface area contributed by atoms with Crippen molar-refractivity contribution in [3.8, 4) is 28.3 Å². The number of carbonyl (C=O) groups is 1. The molecule has 1 amide bonds. The Kier molecular flexibility index (Phi) is 8.42. The molecule has 0 N–H and O–H groups in total. The molecule has 0 aliphatic carbocycles. The summed E-state index contributed by atoms with van der Waals surface area (Å²) in [6.07, 6.45) is 4.68. The second-order valence-corrected chi connectivity index (χ2v) is 14.7. The SMILES string of the molecule is Cc1cc(OCCCc2c3n(c4c(-c5c(C)nn(C)c5C)c(Cl)ccc24)[C@H](C)CN(c2cn(C)c4cc(-c5nnco5)ccc24)C3=O)cc(C)c1Cl. The maximum Gasteiger partial charge on any atom is 0.275 e. The zero-order valence-corrected chi connectivity index (χ0v) is 31.7. The monoisotopic (exact) mass is 735 g/mol. The molecule has 0 saturated carbocycles. The van der Waals surface area contributed by atoms with Gasteiger partial charge in [-0.1, -0.05) is 29.3 Å². The van der Waals surface area contributed by atoms with Crippen LogP contribution in [0.2, 0.25) is 10.0 Å². The smallest absolute Gasteiger partial charge is 0.275 e. The van der Waals surface area contributed by atoms with Crippen molar-refractivity contribution in [3.05, 3.63) is 98.9 Å². The molecule has 1 aliphatic rings. The molecule has 8 rings (SSSR count). The van der Waals surface area contributed by atoms with E-state index in [0.717, 1.165) is 83.0 Å². The van der Waals surface area contributed by atoms with Crippen LogP contribution in [-0.4, -0.2) is 48.2 Å². The molecular weight excluding hydrogens is 697 g/mol. The number of halogens is 2. The normalized spacial score (nSPS) is 14.6. The molecule has 3 aromatic carbocycles. The van der Waals surface area contributed by atoms with Gasteiger partial charge in [-0.05, 0) is 101 Å². The molecule has 0 spiro atoms. The summed E-state index contributed by atoms with van der Waals surface area (Å²) < 4.78 is 17.9. The number of benzene rings is 3. The van der Waals surface area contributed by atoms with Crippen molar-refractivity contribution in [1.82, 2.24) is 29.1 Å². The van der Waals surface area contributed by atoms with Gasteiger partial charge in [-0.3, -0.25) is 9.48 Å². The van der Waals surface area contributed by atoms with E-state index in [9.17, 15) is 0 Å². The van der Waals surface area contributed by atoms with Crippen molar-refractivity contribution in [2.24, 2.45) is 14.1 Å². The molecule has 4 aromatic heterocycles. The van der Waals surface area contributed by atoms with Crippen LogP contribution in [0, 0.1) is 27.7 Å². The quantitative estimate of drug-likeness (QED) is 0.144. The first kappa shape index (κ1) is 34.0. The molecule has 1 atom stereocenters. The van der Waals surface area contributed by atoms with Crippen LogP contribution in [0.5, 0.6) is 5.75 Å². The van der Waals surface area contributed by atoms with Crippen molar-refractivity contribution in [2.75, 3.05) is 18.1 Å². The van der Waals surface area contributed by atoms with Crippen LogP contribution in [0.15, 0.2) is 59.5 Å². The molecule has 1 aliphatic heterocycles. The lowest BCUT2D eigenvalue weighted by atomic mass is 9.98. The van der Waals surface area contributed by atoms with Gasteiger partial charge < -0.3 is 23.2 Å². The average molecular weight is 737 g/mol. The van der Waals surface area contributed by atoms with Gasteiger partial charge in [0.1, 0.15) is 11.4 Å². The molecule has 266 valence electrons. The number of anilines is 1. The highest BCUT2D eigenvalue weighted by Gasteiger charge is 2.37. The van der Waals surface area contributed by atoms with Crippen LogP contribution in [-0.2, 0) is 20.5 Å². The van der Waals surface area contributed by atoms with E-state index in [-0.39, 0.29) is 11.9 Å². The van der Waals surface area contributed by atoms with E-state index in [4.69, 9.17) is 37.5 Å². The lowest BCUT2D eigenvalue weighted by Crippen LogP contribution is -2.42. The Bertz CT molecular complexity index is 2520. The van der Waals surface area contributed by atoms with Crippen molar-refractivity contribution in [2.45, 2.75) is 53.5 Å². The molecule has 10 nitrogen and oxygen atoms in total. The van der Waals surface area contributed by atoms with Gasteiger partial charge in [0.25, 0.3) is 5.91 Å². The number of carbonyl (C=O) groups excluding carboxylic acids is 1. The summed E-state index contributed by atoms with van der Waals surface area (Å²) >= 11 is 13.5. The Hall–Kier alpha value is -5.06. The molecule has 12 heteroatoms. The number of aryl methyl sites for hydroxylation is 6. The number of nitrogens with zero attached hydrogens (tertiary/aromatic N) is 7. The average Bonchev–Trinajstić information content (AvgIpc) is 3.89. The van der Waals surface area contributed by atoms with Gasteiger partial charge in [0.15, 0.2) is 0 Å². The van der Waals surface area contributed by atoms with Gasteiger partial charge in [0.2, 0.25) is 12.3 Å². The van der Waals surface area contributed by atoms with Crippen molar-refractivity contribution >= 4 is 56.6 Å². The lowest BCUT2D eigenvalue weighted by molar-refractivity contribution is 0.0957. The number of rotatable bonds is 8. The molecule has 0 saturated heterocycles. The topological polar surface area (TPSA) is 96.1 Å². The minimum atomic E-state index is -0.0670. The molecule has 52 heavy (non-hydrogen) atoms. The zero-order valence-electron chi connectivity index (χ0n) is 30.2. The molecule has 0 bridgehead atoms. The molecule has 0 unspecified atom stereocenters. The fourth-order valence-electron chi connectivity index (χ4n) is 7.95. The van der Waals surface area contributed by atoms with Crippen LogP contribution >= 0.6 is 23.2 Å². The van der Waals surface area contributed by atoms with E-state index in [2.05, 4.69) is 34.7 Å².